The summed E-state index contributed by atoms with van der Waals surface area (Å²) in [4.78, 5) is 23.8. The number of ether oxygens (including phenoxy) is 1. The summed E-state index contributed by atoms with van der Waals surface area (Å²) in [5.41, 5.74) is 1.43. The van der Waals surface area contributed by atoms with Crippen molar-refractivity contribution in [3.8, 4) is 11.3 Å². The number of benzene rings is 1. The van der Waals surface area contributed by atoms with Crippen molar-refractivity contribution in [1.82, 2.24) is 10.6 Å². The number of unbranched alkanes of at least 4 members (excludes halogenated alkanes) is 1. The van der Waals surface area contributed by atoms with Crippen LogP contribution >= 0.6 is 0 Å². The lowest BCUT2D eigenvalue weighted by atomic mass is 10.1. The molecule has 0 unspecified atom stereocenters. The van der Waals surface area contributed by atoms with Crippen LogP contribution in [0.2, 0.25) is 0 Å². The zero-order valence-corrected chi connectivity index (χ0v) is 15.6. The highest BCUT2D eigenvalue weighted by molar-refractivity contribution is 5.94. The largest absolute Gasteiger partial charge is 0.451 e. The van der Waals surface area contributed by atoms with Crippen molar-refractivity contribution >= 4 is 11.8 Å². The molecular weight excluding hydrogens is 344 g/mol. The highest BCUT2D eigenvalue weighted by Gasteiger charge is 2.15. The van der Waals surface area contributed by atoms with Crippen LogP contribution in [0.1, 0.15) is 53.0 Å². The summed E-state index contributed by atoms with van der Waals surface area (Å²) < 4.78 is 11.1. The predicted molar refractivity (Wildman–Crippen MR) is 103 cm³/mol. The van der Waals surface area contributed by atoms with Crippen LogP contribution in [0.3, 0.4) is 0 Å². The summed E-state index contributed by atoms with van der Waals surface area (Å²) in [7, 11) is 1.56. The molecule has 0 radical (unpaired) electrons. The fourth-order valence-corrected chi connectivity index (χ4v) is 3.20. The maximum absolute atomic E-state index is 12.2. The molecule has 2 aromatic rings. The Bertz CT molecular complexity index is 761. The van der Waals surface area contributed by atoms with Crippen LogP contribution in [0.25, 0.3) is 11.3 Å². The number of furan rings is 1. The smallest absolute Gasteiger partial charge is 0.286 e. The van der Waals surface area contributed by atoms with E-state index < -0.39 is 0 Å². The molecule has 2 N–H and O–H groups in total. The molecule has 1 aromatic heterocycles. The quantitative estimate of drug-likeness (QED) is 0.698. The van der Waals surface area contributed by atoms with E-state index in [0.717, 1.165) is 31.4 Å². The second-order valence-corrected chi connectivity index (χ2v) is 6.71. The molecule has 0 bridgehead atoms. The lowest BCUT2D eigenvalue weighted by molar-refractivity contribution is 0.0932. The first-order valence-electron chi connectivity index (χ1n) is 9.49. The third-order valence-corrected chi connectivity index (χ3v) is 4.75. The maximum atomic E-state index is 12.2. The fraction of sp³-hybridized carbons (Fsp3) is 0.429. The van der Waals surface area contributed by atoms with Crippen molar-refractivity contribution < 1.29 is 18.7 Å². The molecule has 27 heavy (non-hydrogen) atoms. The highest BCUT2D eigenvalue weighted by Crippen LogP contribution is 2.22. The zero-order chi connectivity index (χ0) is 19.1. The molecular formula is C21H26N2O4. The third kappa shape index (κ3) is 5.20. The minimum absolute atomic E-state index is 0.0795. The lowest BCUT2D eigenvalue weighted by Gasteiger charge is -2.09. The average Bonchev–Trinajstić information content (AvgIpc) is 3.39. The van der Waals surface area contributed by atoms with E-state index in [0.29, 0.717) is 24.0 Å². The number of amides is 2. The van der Waals surface area contributed by atoms with Gasteiger partial charge in [-0.15, -0.1) is 0 Å². The summed E-state index contributed by atoms with van der Waals surface area (Å²) in [5.74, 6) is 0.507. The van der Waals surface area contributed by atoms with Gasteiger partial charge in [0.25, 0.3) is 11.8 Å². The maximum Gasteiger partial charge on any atom is 0.286 e. The van der Waals surface area contributed by atoms with Gasteiger partial charge in [-0.05, 0) is 56.4 Å². The molecule has 6 heteroatoms. The Morgan fingerprint density at radius 2 is 1.89 bits per heavy atom. The minimum Gasteiger partial charge on any atom is -0.451 e. The molecule has 0 aliphatic carbocycles. The summed E-state index contributed by atoms with van der Waals surface area (Å²) in [6.45, 7) is 1.56. The first-order chi connectivity index (χ1) is 13.2. The Morgan fingerprint density at radius 1 is 1.07 bits per heavy atom. The van der Waals surface area contributed by atoms with E-state index in [1.165, 1.54) is 12.8 Å². The molecule has 3 rings (SSSR count). The van der Waals surface area contributed by atoms with E-state index in [-0.39, 0.29) is 17.6 Å². The van der Waals surface area contributed by atoms with Crippen molar-refractivity contribution in [3.05, 3.63) is 47.7 Å². The average molecular weight is 370 g/mol. The molecule has 2 heterocycles. The second-order valence-electron chi connectivity index (χ2n) is 6.71. The number of nitrogens with one attached hydrogen (secondary N) is 2. The van der Waals surface area contributed by atoms with Crippen LogP contribution in [-0.4, -0.2) is 38.1 Å². The van der Waals surface area contributed by atoms with Crippen LogP contribution in [-0.2, 0) is 4.74 Å². The van der Waals surface area contributed by atoms with Gasteiger partial charge >= 0.3 is 0 Å². The van der Waals surface area contributed by atoms with Crippen molar-refractivity contribution in [2.75, 3.05) is 20.2 Å². The van der Waals surface area contributed by atoms with Gasteiger partial charge in [-0.2, -0.15) is 0 Å². The molecule has 1 aliphatic heterocycles. The fourth-order valence-electron chi connectivity index (χ4n) is 3.20. The molecule has 1 aliphatic rings. The summed E-state index contributed by atoms with van der Waals surface area (Å²) in [6, 6.07) is 10.5. The van der Waals surface area contributed by atoms with E-state index in [1.807, 2.05) is 12.1 Å². The molecule has 2 amide bonds. The standard InChI is InChI=1S/C21H26N2O4/c1-22-21(25)19-12-11-18(27-19)15-7-9-16(10-8-15)20(24)23-13-3-2-5-17-6-4-14-26-17/h7-12,17H,2-6,13-14H2,1H3,(H,22,25)(H,23,24)/t17-/m1/s1. The molecule has 6 nitrogen and oxygen atoms in total. The summed E-state index contributed by atoms with van der Waals surface area (Å²) in [6.07, 6.45) is 5.85. The Balaban J connectivity index is 1.45. The van der Waals surface area contributed by atoms with Gasteiger partial charge in [0.15, 0.2) is 5.76 Å². The van der Waals surface area contributed by atoms with Crippen molar-refractivity contribution in [2.45, 2.75) is 38.2 Å². The first kappa shape index (κ1) is 19.2. The summed E-state index contributed by atoms with van der Waals surface area (Å²) in [5, 5.41) is 5.48. The van der Waals surface area contributed by atoms with Gasteiger partial charge in [0, 0.05) is 31.3 Å². The topological polar surface area (TPSA) is 80.6 Å². The SMILES string of the molecule is CNC(=O)c1ccc(-c2ccc(C(=O)NCCCC[C@@H]3CCCO3)cc2)o1. The lowest BCUT2D eigenvalue weighted by Crippen LogP contribution is -2.24. The summed E-state index contributed by atoms with van der Waals surface area (Å²) >= 11 is 0. The monoisotopic (exact) mass is 370 g/mol. The van der Waals surface area contributed by atoms with Gasteiger partial charge in [-0.1, -0.05) is 12.1 Å². The Labute approximate surface area is 159 Å². The molecule has 1 aromatic carbocycles. The molecule has 0 spiro atoms. The molecule has 1 fully saturated rings. The first-order valence-corrected chi connectivity index (χ1v) is 9.49. The Morgan fingerprint density at radius 3 is 2.59 bits per heavy atom. The van der Waals surface area contributed by atoms with Gasteiger partial charge < -0.3 is 19.8 Å². The molecule has 1 atom stereocenters. The Kier molecular flexibility index (Phi) is 6.65. The zero-order valence-electron chi connectivity index (χ0n) is 15.6. The number of carbonyl (C=O) groups is 2. The van der Waals surface area contributed by atoms with Crippen molar-refractivity contribution in [1.29, 1.82) is 0 Å². The Hall–Kier alpha value is -2.60. The van der Waals surface area contributed by atoms with Gasteiger partial charge in [-0.3, -0.25) is 9.59 Å². The van der Waals surface area contributed by atoms with E-state index in [4.69, 9.17) is 9.15 Å². The van der Waals surface area contributed by atoms with Gasteiger partial charge in [-0.25, -0.2) is 0 Å². The van der Waals surface area contributed by atoms with Gasteiger partial charge in [0.2, 0.25) is 0 Å². The second kappa shape index (κ2) is 9.37. The predicted octanol–water partition coefficient (Wildman–Crippen LogP) is 3.39. The van der Waals surface area contributed by atoms with Crippen molar-refractivity contribution in [3.63, 3.8) is 0 Å². The van der Waals surface area contributed by atoms with Crippen LogP contribution in [0.15, 0.2) is 40.8 Å². The number of rotatable bonds is 8. The van der Waals surface area contributed by atoms with Gasteiger partial charge in [0.1, 0.15) is 5.76 Å². The molecule has 0 saturated carbocycles. The number of hydrogen-bond acceptors (Lipinski definition) is 4. The highest BCUT2D eigenvalue weighted by atomic mass is 16.5. The van der Waals surface area contributed by atoms with Crippen LogP contribution < -0.4 is 10.6 Å². The van der Waals surface area contributed by atoms with E-state index >= 15 is 0 Å². The van der Waals surface area contributed by atoms with Crippen LogP contribution in [0.4, 0.5) is 0 Å². The number of hydrogen-bond donors (Lipinski definition) is 2. The van der Waals surface area contributed by atoms with E-state index in [2.05, 4.69) is 10.6 Å². The van der Waals surface area contributed by atoms with Crippen LogP contribution in [0.5, 0.6) is 0 Å². The van der Waals surface area contributed by atoms with Gasteiger partial charge in [0.05, 0.1) is 6.10 Å². The van der Waals surface area contributed by atoms with E-state index in [1.54, 1.807) is 31.3 Å². The minimum atomic E-state index is -0.267. The third-order valence-electron chi connectivity index (χ3n) is 4.75. The van der Waals surface area contributed by atoms with Crippen molar-refractivity contribution in [2.24, 2.45) is 0 Å². The number of carbonyl (C=O) groups excluding carboxylic acids is 2. The molecule has 1 saturated heterocycles. The normalized spacial score (nSPS) is 16.3. The van der Waals surface area contributed by atoms with Crippen LogP contribution in [0, 0.1) is 0 Å². The van der Waals surface area contributed by atoms with E-state index in [9.17, 15) is 9.59 Å². The molecule has 144 valence electrons.